The van der Waals surface area contributed by atoms with Gasteiger partial charge >= 0.3 is 0 Å². The Morgan fingerprint density at radius 2 is 1.96 bits per heavy atom. The van der Waals surface area contributed by atoms with E-state index < -0.39 is 0 Å². The topological polar surface area (TPSA) is 79.8 Å². The zero-order valence-electron chi connectivity index (χ0n) is 15.2. The minimum Gasteiger partial charge on any atom is -0.354 e. The Labute approximate surface area is 152 Å². The van der Waals surface area contributed by atoms with Crippen molar-refractivity contribution >= 4 is 17.4 Å². The number of H-pyrrole nitrogens is 1. The first-order valence-corrected chi connectivity index (χ1v) is 8.63. The Balaban J connectivity index is 1.84. The molecule has 0 aliphatic rings. The first kappa shape index (κ1) is 17.7. The van der Waals surface area contributed by atoms with Gasteiger partial charge in [-0.3, -0.25) is 9.59 Å². The minimum atomic E-state index is -0.237. The van der Waals surface area contributed by atoms with E-state index in [2.05, 4.69) is 15.3 Å². The summed E-state index contributed by atoms with van der Waals surface area (Å²) >= 11 is 0. The summed E-state index contributed by atoms with van der Waals surface area (Å²) in [4.78, 5) is 31.8. The summed E-state index contributed by atoms with van der Waals surface area (Å²) in [6.45, 7) is 5.39. The number of amides is 1. The normalized spacial score (nSPS) is 10.7. The van der Waals surface area contributed by atoms with Gasteiger partial charge in [0.1, 0.15) is 5.69 Å². The summed E-state index contributed by atoms with van der Waals surface area (Å²) in [5.74, 6) is -0.259. The number of ketones is 1. The molecule has 0 saturated carbocycles. The van der Waals surface area contributed by atoms with Gasteiger partial charge in [0.2, 0.25) is 0 Å². The number of anilines is 1. The van der Waals surface area contributed by atoms with E-state index in [1.165, 1.54) is 6.92 Å². The van der Waals surface area contributed by atoms with Crippen LogP contribution in [-0.2, 0) is 6.42 Å². The highest BCUT2D eigenvalue weighted by atomic mass is 16.2. The summed E-state index contributed by atoms with van der Waals surface area (Å²) < 4.78 is 1.89. The van der Waals surface area contributed by atoms with Crippen LogP contribution in [0.1, 0.15) is 52.4 Å². The van der Waals surface area contributed by atoms with E-state index >= 15 is 0 Å². The van der Waals surface area contributed by atoms with E-state index in [-0.39, 0.29) is 11.7 Å². The molecule has 2 aromatic heterocycles. The second kappa shape index (κ2) is 7.39. The third-order valence-corrected chi connectivity index (χ3v) is 4.30. The molecule has 0 atom stereocenters. The fourth-order valence-corrected chi connectivity index (χ4v) is 3.17. The molecule has 134 valence electrons. The SMILES string of the molecule is CCCc1c(C(=O)Nc2ccc(-n3ccnc3)cc2)[nH]c(C)c1C(C)=O. The average molecular weight is 350 g/mol. The summed E-state index contributed by atoms with van der Waals surface area (Å²) in [5, 5.41) is 2.90. The smallest absolute Gasteiger partial charge is 0.272 e. The van der Waals surface area contributed by atoms with Crippen molar-refractivity contribution in [1.29, 1.82) is 0 Å². The van der Waals surface area contributed by atoms with Crippen LogP contribution < -0.4 is 5.32 Å². The van der Waals surface area contributed by atoms with Crippen LogP contribution in [0.25, 0.3) is 5.69 Å². The number of carbonyl (C=O) groups excluding carboxylic acids is 2. The molecule has 0 aliphatic carbocycles. The molecule has 6 nitrogen and oxygen atoms in total. The number of hydrogen-bond acceptors (Lipinski definition) is 3. The van der Waals surface area contributed by atoms with Gasteiger partial charge in [0.25, 0.3) is 5.91 Å². The van der Waals surface area contributed by atoms with Crippen molar-refractivity contribution in [1.82, 2.24) is 14.5 Å². The molecule has 0 bridgehead atoms. The zero-order valence-corrected chi connectivity index (χ0v) is 15.2. The van der Waals surface area contributed by atoms with Gasteiger partial charge in [-0.15, -0.1) is 0 Å². The van der Waals surface area contributed by atoms with E-state index in [4.69, 9.17) is 0 Å². The van der Waals surface area contributed by atoms with Gasteiger partial charge in [-0.25, -0.2) is 4.98 Å². The first-order chi connectivity index (χ1) is 12.5. The van der Waals surface area contributed by atoms with Crippen molar-refractivity contribution < 1.29 is 9.59 Å². The number of benzene rings is 1. The molecular formula is C20H22N4O2. The molecule has 0 spiro atoms. The monoisotopic (exact) mass is 350 g/mol. The Morgan fingerprint density at radius 1 is 1.23 bits per heavy atom. The molecule has 0 unspecified atom stereocenters. The summed E-state index contributed by atoms with van der Waals surface area (Å²) in [6.07, 6.45) is 6.83. The summed E-state index contributed by atoms with van der Waals surface area (Å²) in [6, 6.07) is 7.50. The number of nitrogens with one attached hydrogen (secondary N) is 2. The quantitative estimate of drug-likeness (QED) is 0.661. The van der Waals surface area contributed by atoms with Gasteiger partial charge in [0.15, 0.2) is 5.78 Å². The fraction of sp³-hybridized carbons (Fsp3) is 0.250. The molecule has 0 aliphatic heterocycles. The van der Waals surface area contributed by atoms with Crippen LogP contribution in [0.5, 0.6) is 0 Å². The predicted octanol–water partition coefficient (Wildman–Crippen LogP) is 3.92. The van der Waals surface area contributed by atoms with Gasteiger partial charge in [-0.1, -0.05) is 13.3 Å². The molecule has 0 fully saturated rings. The van der Waals surface area contributed by atoms with Crippen molar-refractivity contribution in [3.8, 4) is 5.69 Å². The molecule has 0 radical (unpaired) electrons. The van der Waals surface area contributed by atoms with Gasteiger partial charge in [-0.2, -0.15) is 0 Å². The maximum absolute atomic E-state index is 12.7. The summed E-state index contributed by atoms with van der Waals surface area (Å²) in [5.41, 5.74) is 4.28. The number of nitrogens with zero attached hydrogens (tertiary/aromatic N) is 2. The molecule has 3 rings (SSSR count). The van der Waals surface area contributed by atoms with E-state index in [9.17, 15) is 9.59 Å². The number of imidazole rings is 1. The molecule has 2 heterocycles. The van der Waals surface area contributed by atoms with Gasteiger partial charge < -0.3 is 14.9 Å². The lowest BCUT2D eigenvalue weighted by Gasteiger charge is -2.08. The fourth-order valence-electron chi connectivity index (χ4n) is 3.17. The van der Waals surface area contributed by atoms with Gasteiger partial charge in [-0.05, 0) is 50.1 Å². The molecule has 1 aromatic carbocycles. The third-order valence-electron chi connectivity index (χ3n) is 4.30. The van der Waals surface area contributed by atoms with Crippen molar-refractivity contribution in [3.63, 3.8) is 0 Å². The Bertz CT molecular complexity index is 922. The second-order valence-electron chi connectivity index (χ2n) is 6.26. The lowest BCUT2D eigenvalue weighted by Crippen LogP contribution is -2.15. The van der Waals surface area contributed by atoms with Crippen LogP contribution in [0, 0.1) is 6.92 Å². The van der Waals surface area contributed by atoms with Crippen LogP contribution >= 0.6 is 0 Å². The molecule has 3 aromatic rings. The van der Waals surface area contributed by atoms with E-state index in [1.54, 1.807) is 12.5 Å². The number of aryl methyl sites for hydroxylation is 1. The van der Waals surface area contributed by atoms with Crippen LogP contribution in [0.2, 0.25) is 0 Å². The number of rotatable bonds is 6. The van der Waals surface area contributed by atoms with E-state index in [1.807, 2.05) is 48.9 Å². The van der Waals surface area contributed by atoms with Gasteiger partial charge in [0, 0.05) is 35.0 Å². The zero-order chi connectivity index (χ0) is 18.7. The van der Waals surface area contributed by atoms with Crippen molar-refractivity contribution in [2.45, 2.75) is 33.6 Å². The predicted molar refractivity (Wildman–Crippen MR) is 101 cm³/mol. The van der Waals surface area contributed by atoms with Gasteiger partial charge in [0.05, 0.1) is 6.33 Å². The van der Waals surface area contributed by atoms with E-state index in [0.717, 1.165) is 23.4 Å². The highest BCUT2D eigenvalue weighted by Crippen LogP contribution is 2.23. The lowest BCUT2D eigenvalue weighted by atomic mass is 10.0. The lowest BCUT2D eigenvalue weighted by molar-refractivity contribution is 0.101. The van der Waals surface area contributed by atoms with Crippen LogP contribution in [-0.4, -0.2) is 26.2 Å². The largest absolute Gasteiger partial charge is 0.354 e. The molecule has 26 heavy (non-hydrogen) atoms. The number of Topliss-reactive ketones (excluding diaryl/α,β-unsaturated/α-hetero) is 1. The highest BCUT2D eigenvalue weighted by Gasteiger charge is 2.22. The van der Waals surface area contributed by atoms with Crippen molar-refractivity contribution in [3.05, 3.63) is 65.5 Å². The Hall–Kier alpha value is -3.15. The Kier molecular flexibility index (Phi) is 5.02. The maximum Gasteiger partial charge on any atom is 0.272 e. The molecule has 0 saturated heterocycles. The van der Waals surface area contributed by atoms with Crippen LogP contribution in [0.3, 0.4) is 0 Å². The third kappa shape index (κ3) is 3.44. The molecular weight excluding hydrogens is 328 g/mol. The number of aromatic nitrogens is 3. The minimum absolute atomic E-state index is 0.0223. The number of carbonyl (C=O) groups is 2. The number of aromatic amines is 1. The van der Waals surface area contributed by atoms with Crippen LogP contribution in [0.15, 0.2) is 43.0 Å². The molecule has 2 N–H and O–H groups in total. The van der Waals surface area contributed by atoms with Crippen LogP contribution in [0.4, 0.5) is 5.69 Å². The Morgan fingerprint density at radius 3 is 2.54 bits per heavy atom. The second-order valence-corrected chi connectivity index (χ2v) is 6.26. The summed E-state index contributed by atoms with van der Waals surface area (Å²) in [7, 11) is 0. The van der Waals surface area contributed by atoms with Crippen molar-refractivity contribution in [2.75, 3.05) is 5.32 Å². The highest BCUT2D eigenvalue weighted by molar-refractivity contribution is 6.07. The molecule has 6 heteroatoms. The standard InChI is InChI=1S/C20H22N4O2/c1-4-5-17-18(14(3)25)13(2)22-19(17)20(26)23-15-6-8-16(9-7-15)24-11-10-21-12-24/h6-12,22H,4-5H2,1-3H3,(H,23,26). The molecule has 1 amide bonds. The van der Waals surface area contributed by atoms with Crippen molar-refractivity contribution in [2.24, 2.45) is 0 Å². The number of hydrogen-bond donors (Lipinski definition) is 2. The maximum atomic E-state index is 12.7. The first-order valence-electron chi connectivity index (χ1n) is 8.63. The van der Waals surface area contributed by atoms with E-state index in [0.29, 0.717) is 23.4 Å². The average Bonchev–Trinajstić information content (AvgIpc) is 3.24.